The molecule has 0 radical (unpaired) electrons. The lowest BCUT2D eigenvalue weighted by Gasteiger charge is -2.18. The topological polar surface area (TPSA) is 78.9 Å². The molecule has 0 fully saturated rings. The molecule has 0 spiro atoms. The van der Waals surface area contributed by atoms with Crippen molar-refractivity contribution in [3.63, 3.8) is 0 Å². The van der Waals surface area contributed by atoms with Crippen LogP contribution in [0.2, 0.25) is 0 Å². The highest BCUT2D eigenvalue weighted by molar-refractivity contribution is 5.71. The zero-order chi connectivity index (χ0) is 59.9. The summed E-state index contributed by atoms with van der Waals surface area (Å²) in [5, 5.41) is 0. The van der Waals surface area contributed by atoms with Gasteiger partial charge in [-0.15, -0.1) is 0 Å². The van der Waals surface area contributed by atoms with Gasteiger partial charge in [0.2, 0.25) is 0 Å². The maximum Gasteiger partial charge on any atom is 0.306 e. The summed E-state index contributed by atoms with van der Waals surface area (Å²) >= 11 is 0. The summed E-state index contributed by atoms with van der Waals surface area (Å²) in [5.41, 5.74) is 0. The van der Waals surface area contributed by atoms with Crippen LogP contribution in [0.1, 0.15) is 329 Å². The van der Waals surface area contributed by atoms with E-state index in [1.807, 2.05) is 0 Å². The fourth-order valence-corrected chi connectivity index (χ4v) is 9.73. The Bertz CT molecular complexity index is 1700. The van der Waals surface area contributed by atoms with Crippen LogP contribution in [0.15, 0.2) is 122 Å². The fraction of sp³-hybridized carbons (Fsp3) is 0.701. The Morgan fingerprint density at radius 3 is 0.759 bits per heavy atom. The first-order valence-corrected chi connectivity index (χ1v) is 35.0. The largest absolute Gasteiger partial charge is 0.462 e. The van der Waals surface area contributed by atoms with Crippen LogP contribution in [-0.4, -0.2) is 37.2 Å². The number of rotatable bonds is 63. The van der Waals surface area contributed by atoms with E-state index in [0.717, 1.165) is 116 Å². The van der Waals surface area contributed by atoms with E-state index in [-0.39, 0.29) is 31.1 Å². The predicted octanol–water partition coefficient (Wildman–Crippen LogP) is 24.3. The minimum absolute atomic E-state index is 0.0929. The summed E-state index contributed by atoms with van der Waals surface area (Å²) in [6.45, 7) is 6.51. The molecular weight excluding hydrogens is 1020 g/mol. The molecule has 0 aliphatic rings. The molecule has 0 aromatic heterocycles. The quantitative estimate of drug-likeness (QED) is 0.0261. The van der Waals surface area contributed by atoms with Gasteiger partial charge in [-0.2, -0.15) is 0 Å². The number of esters is 3. The highest BCUT2D eigenvalue weighted by atomic mass is 16.6. The lowest BCUT2D eigenvalue weighted by Crippen LogP contribution is -2.30. The van der Waals surface area contributed by atoms with Crippen LogP contribution >= 0.6 is 0 Å². The lowest BCUT2D eigenvalue weighted by molar-refractivity contribution is -0.167. The van der Waals surface area contributed by atoms with Crippen LogP contribution in [-0.2, 0) is 28.6 Å². The van der Waals surface area contributed by atoms with E-state index in [9.17, 15) is 14.4 Å². The smallest absolute Gasteiger partial charge is 0.306 e. The fourth-order valence-electron chi connectivity index (χ4n) is 9.73. The van der Waals surface area contributed by atoms with E-state index in [0.29, 0.717) is 19.3 Å². The second-order valence-electron chi connectivity index (χ2n) is 23.1. The Labute approximate surface area is 513 Å². The summed E-state index contributed by atoms with van der Waals surface area (Å²) in [7, 11) is 0. The molecule has 0 aromatic rings. The van der Waals surface area contributed by atoms with Crippen molar-refractivity contribution in [1.82, 2.24) is 0 Å². The summed E-state index contributed by atoms with van der Waals surface area (Å²) in [4.78, 5) is 38.5. The van der Waals surface area contributed by atoms with Gasteiger partial charge in [0.05, 0.1) is 0 Å². The number of carbonyl (C=O) groups excluding carboxylic acids is 3. The van der Waals surface area contributed by atoms with Gasteiger partial charge in [-0.05, 0) is 116 Å². The normalized spacial score (nSPS) is 12.9. The Hall–Kier alpha value is -4.19. The average molecular weight is 1150 g/mol. The first-order chi connectivity index (χ1) is 41.0. The first-order valence-electron chi connectivity index (χ1n) is 35.0. The van der Waals surface area contributed by atoms with Gasteiger partial charge in [0.15, 0.2) is 6.10 Å². The second-order valence-corrected chi connectivity index (χ2v) is 23.1. The van der Waals surface area contributed by atoms with Gasteiger partial charge in [0.25, 0.3) is 0 Å². The third-order valence-corrected chi connectivity index (χ3v) is 15.0. The van der Waals surface area contributed by atoms with Crippen molar-refractivity contribution >= 4 is 17.9 Å². The molecule has 83 heavy (non-hydrogen) atoms. The van der Waals surface area contributed by atoms with Gasteiger partial charge in [-0.1, -0.05) is 316 Å². The van der Waals surface area contributed by atoms with Crippen LogP contribution in [0.4, 0.5) is 0 Å². The molecule has 474 valence electrons. The molecule has 0 aliphatic carbocycles. The number of unbranched alkanes of at least 4 members (excludes halogenated alkanes) is 32. The van der Waals surface area contributed by atoms with Gasteiger partial charge < -0.3 is 14.2 Å². The van der Waals surface area contributed by atoms with Gasteiger partial charge in [0.1, 0.15) is 13.2 Å². The van der Waals surface area contributed by atoms with Gasteiger partial charge in [-0.25, -0.2) is 0 Å². The molecule has 1 atom stereocenters. The molecular formula is C77H130O6. The van der Waals surface area contributed by atoms with Crippen LogP contribution in [0.5, 0.6) is 0 Å². The van der Waals surface area contributed by atoms with E-state index in [1.165, 1.54) is 173 Å². The van der Waals surface area contributed by atoms with E-state index >= 15 is 0 Å². The molecule has 0 N–H and O–H groups in total. The number of hydrogen-bond donors (Lipinski definition) is 0. The molecule has 0 aromatic carbocycles. The minimum atomic E-state index is -0.802. The standard InChI is InChI=1S/C77H130O6/c1-4-7-10-13-16-19-22-25-28-31-33-35-36-37-38-39-40-42-43-46-49-52-55-58-61-64-67-70-76(79)82-73-74(72-81-75(78)69-66-63-60-57-54-51-48-45-30-27-24-21-18-15-12-9-6-3)83-77(80)71-68-65-62-59-56-53-50-47-44-41-34-32-29-26-23-20-17-14-11-8-5-2/h7,10,16,19,23,25-26,28,32-35,37-38,40,42,46,49,55,58,74H,4-6,8-9,11-15,17-18,20-22,24,27,29-31,36,39,41,43-45,47-48,50-54,56-57,59-73H2,1-3H3/b10-7-,19-16-,26-23-,28-25-,34-32-,35-33-,38-37-,42-40-,49-46-,58-55-. The zero-order valence-corrected chi connectivity index (χ0v) is 54.4. The van der Waals surface area contributed by atoms with E-state index in [1.54, 1.807) is 0 Å². The Morgan fingerprint density at radius 1 is 0.253 bits per heavy atom. The molecule has 0 saturated heterocycles. The summed E-state index contributed by atoms with van der Waals surface area (Å²) in [5.74, 6) is -0.930. The molecule has 0 heterocycles. The van der Waals surface area contributed by atoms with Crippen LogP contribution in [0, 0.1) is 0 Å². The first kappa shape index (κ1) is 78.8. The molecule has 6 nitrogen and oxygen atoms in total. The van der Waals surface area contributed by atoms with Gasteiger partial charge >= 0.3 is 17.9 Å². The molecule has 6 heteroatoms. The van der Waals surface area contributed by atoms with Crippen molar-refractivity contribution in [3.05, 3.63) is 122 Å². The molecule has 0 aliphatic heterocycles. The van der Waals surface area contributed by atoms with Crippen LogP contribution < -0.4 is 0 Å². The second kappa shape index (κ2) is 70.3. The minimum Gasteiger partial charge on any atom is -0.462 e. The number of allylic oxidation sites excluding steroid dienone is 20. The molecule has 1 unspecified atom stereocenters. The SMILES string of the molecule is CC/C=C\C/C=C\C/C=C\C/C=C\C/C=C\C/C=C\C/C=C\C/C=C\CCCCC(=O)OCC(COC(=O)CCCCCCCCCCCCCCCCCCC)OC(=O)CCCCCCCCCCC/C=C\C/C=C\CCCCCCC. The van der Waals surface area contributed by atoms with Crippen molar-refractivity contribution in [1.29, 1.82) is 0 Å². The van der Waals surface area contributed by atoms with Crippen LogP contribution in [0.3, 0.4) is 0 Å². The average Bonchev–Trinajstić information content (AvgIpc) is 3.49. The zero-order valence-electron chi connectivity index (χ0n) is 54.4. The lowest BCUT2D eigenvalue weighted by atomic mass is 10.0. The molecule has 0 saturated carbocycles. The van der Waals surface area contributed by atoms with Crippen molar-refractivity contribution in [3.8, 4) is 0 Å². The summed E-state index contributed by atoms with van der Waals surface area (Å²) in [6.07, 6.45) is 97.8. The van der Waals surface area contributed by atoms with Gasteiger partial charge in [-0.3, -0.25) is 14.4 Å². The number of hydrogen-bond acceptors (Lipinski definition) is 6. The van der Waals surface area contributed by atoms with Crippen LogP contribution in [0.25, 0.3) is 0 Å². The molecule has 0 amide bonds. The summed E-state index contributed by atoms with van der Waals surface area (Å²) in [6, 6.07) is 0. The highest BCUT2D eigenvalue weighted by Gasteiger charge is 2.19. The molecule has 0 bridgehead atoms. The van der Waals surface area contributed by atoms with E-state index in [2.05, 4.69) is 142 Å². The Kier molecular flexibility index (Phi) is 66.7. The van der Waals surface area contributed by atoms with Crippen molar-refractivity contribution in [2.45, 2.75) is 335 Å². The Morgan fingerprint density at radius 2 is 0.470 bits per heavy atom. The summed E-state index contributed by atoms with van der Waals surface area (Å²) < 4.78 is 17.0. The highest BCUT2D eigenvalue weighted by Crippen LogP contribution is 2.17. The molecule has 0 rings (SSSR count). The monoisotopic (exact) mass is 1150 g/mol. The maximum absolute atomic E-state index is 13.0. The predicted molar refractivity (Wildman–Crippen MR) is 362 cm³/mol. The maximum atomic E-state index is 13.0. The van der Waals surface area contributed by atoms with Crippen molar-refractivity contribution in [2.24, 2.45) is 0 Å². The third-order valence-electron chi connectivity index (χ3n) is 15.0. The van der Waals surface area contributed by atoms with E-state index in [4.69, 9.17) is 14.2 Å². The van der Waals surface area contributed by atoms with E-state index < -0.39 is 6.10 Å². The van der Waals surface area contributed by atoms with Crippen molar-refractivity contribution in [2.75, 3.05) is 13.2 Å². The Balaban J connectivity index is 4.46. The van der Waals surface area contributed by atoms with Gasteiger partial charge in [0, 0.05) is 19.3 Å². The third kappa shape index (κ3) is 68.5. The number of ether oxygens (including phenoxy) is 3. The van der Waals surface area contributed by atoms with Crippen molar-refractivity contribution < 1.29 is 28.6 Å². The number of carbonyl (C=O) groups is 3.